The Hall–Kier alpha value is -1.93. The minimum absolute atomic E-state index is 0.297. The largest absolute Gasteiger partial charge is 0.384 e. The van der Waals surface area contributed by atoms with Crippen molar-refractivity contribution in [2.24, 2.45) is 0 Å². The number of aryl methyl sites for hydroxylation is 1. The summed E-state index contributed by atoms with van der Waals surface area (Å²) >= 11 is 1.54. The summed E-state index contributed by atoms with van der Waals surface area (Å²) in [5, 5.41) is 10.7. The van der Waals surface area contributed by atoms with Gasteiger partial charge >= 0.3 is 0 Å². The predicted molar refractivity (Wildman–Crippen MR) is 59.2 cm³/mol. The van der Waals surface area contributed by atoms with Gasteiger partial charge in [0.05, 0.1) is 4.88 Å². The molecule has 0 unspecified atom stereocenters. The van der Waals surface area contributed by atoms with Gasteiger partial charge in [-0.2, -0.15) is 5.26 Å². The monoisotopic (exact) mass is 216 g/mol. The van der Waals surface area contributed by atoms with Crippen LogP contribution in [0.4, 0.5) is 5.82 Å². The minimum Gasteiger partial charge on any atom is -0.384 e. The van der Waals surface area contributed by atoms with E-state index in [4.69, 9.17) is 11.0 Å². The van der Waals surface area contributed by atoms with Gasteiger partial charge in [-0.05, 0) is 23.9 Å². The average molecular weight is 216 g/mol. The van der Waals surface area contributed by atoms with E-state index < -0.39 is 0 Å². The topological polar surface area (TPSA) is 75.6 Å². The molecule has 0 aromatic carbocycles. The zero-order chi connectivity index (χ0) is 10.8. The van der Waals surface area contributed by atoms with Crippen LogP contribution in [0.3, 0.4) is 0 Å². The first-order chi connectivity index (χ1) is 7.20. The maximum atomic E-state index is 8.76. The summed E-state index contributed by atoms with van der Waals surface area (Å²) in [7, 11) is 0. The van der Waals surface area contributed by atoms with E-state index in [2.05, 4.69) is 9.97 Å². The van der Waals surface area contributed by atoms with E-state index in [1.165, 1.54) is 6.07 Å². The Morgan fingerprint density at radius 3 is 2.87 bits per heavy atom. The van der Waals surface area contributed by atoms with Crippen LogP contribution in [0.25, 0.3) is 10.7 Å². The van der Waals surface area contributed by atoms with Gasteiger partial charge in [-0.1, -0.05) is 0 Å². The lowest BCUT2D eigenvalue weighted by atomic mass is 10.3. The maximum absolute atomic E-state index is 8.76. The van der Waals surface area contributed by atoms with Gasteiger partial charge in [0.15, 0.2) is 5.82 Å². The van der Waals surface area contributed by atoms with Crippen LogP contribution in [-0.4, -0.2) is 9.97 Å². The highest BCUT2D eigenvalue weighted by Gasteiger charge is 2.08. The summed E-state index contributed by atoms with van der Waals surface area (Å²) in [6.07, 6.45) is 0. The second kappa shape index (κ2) is 3.67. The molecule has 2 N–H and O–H groups in total. The molecule has 15 heavy (non-hydrogen) atoms. The molecule has 2 heterocycles. The number of hydrogen-bond donors (Lipinski definition) is 1. The van der Waals surface area contributed by atoms with Crippen LogP contribution >= 0.6 is 11.3 Å². The molecule has 0 radical (unpaired) electrons. The standard InChI is InChI=1S/C10H8N4S/c1-6-2-3-15-9(6)10-13-7(5-11)4-8(12)14-10/h2-4H,1H3,(H2,12,13,14). The van der Waals surface area contributed by atoms with Crippen molar-refractivity contribution >= 4 is 17.2 Å². The Labute approximate surface area is 91.0 Å². The van der Waals surface area contributed by atoms with Gasteiger partial charge in [0.25, 0.3) is 0 Å². The van der Waals surface area contributed by atoms with Crippen molar-refractivity contribution in [2.45, 2.75) is 6.92 Å². The van der Waals surface area contributed by atoms with Crippen LogP contribution in [0, 0.1) is 18.3 Å². The fourth-order valence-electron chi connectivity index (χ4n) is 1.23. The lowest BCUT2D eigenvalue weighted by molar-refractivity contribution is 1.16. The van der Waals surface area contributed by atoms with Gasteiger partial charge in [0, 0.05) is 6.07 Å². The van der Waals surface area contributed by atoms with Gasteiger partial charge in [-0.3, -0.25) is 0 Å². The third-order valence-corrected chi connectivity index (χ3v) is 2.94. The first kappa shape index (κ1) is 9.62. The number of hydrogen-bond acceptors (Lipinski definition) is 5. The number of nitrogens with zero attached hydrogens (tertiary/aromatic N) is 3. The third kappa shape index (κ3) is 1.80. The lowest BCUT2D eigenvalue weighted by Gasteiger charge is -2.00. The Morgan fingerprint density at radius 1 is 1.47 bits per heavy atom. The molecule has 0 saturated carbocycles. The zero-order valence-corrected chi connectivity index (χ0v) is 8.88. The van der Waals surface area contributed by atoms with Crippen LogP contribution in [0.2, 0.25) is 0 Å². The van der Waals surface area contributed by atoms with Crippen molar-refractivity contribution in [2.75, 3.05) is 5.73 Å². The van der Waals surface area contributed by atoms with E-state index in [9.17, 15) is 0 Å². The SMILES string of the molecule is Cc1ccsc1-c1nc(N)cc(C#N)n1. The first-order valence-electron chi connectivity index (χ1n) is 4.30. The minimum atomic E-state index is 0.297. The molecule has 5 heteroatoms. The summed E-state index contributed by atoms with van der Waals surface area (Å²) in [5.74, 6) is 0.850. The Kier molecular flexibility index (Phi) is 2.35. The Balaban J connectivity index is 2.59. The molecule has 0 saturated heterocycles. The molecule has 2 aromatic heterocycles. The van der Waals surface area contributed by atoms with Gasteiger partial charge < -0.3 is 5.73 Å². The number of aromatic nitrogens is 2. The zero-order valence-electron chi connectivity index (χ0n) is 8.06. The van der Waals surface area contributed by atoms with Crippen LogP contribution in [0.1, 0.15) is 11.3 Å². The van der Waals surface area contributed by atoms with Crippen LogP contribution in [-0.2, 0) is 0 Å². The van der Waals surface area contributed by atoms with Crippen molar-refractivity contribution in [3.63, 3.8) is 0 Å². The van der Waals surface area contributed by atoms with Crippen molar-refractivity contribution in [1.82, 2.24) is 9.97 Å². The van der Waals surface area contributed by atoms with E-state index in [1.807, 2.05) is 24.4 Å². The third-order valence-electron chi connectivity index (χ3n) is 1.93. The normalized spacial score (nSPS) is 9.87. The summed E-state index contributed by atoms with van der Waals surface area (Å²) in [6.45, 7) is 1.98. The highest BCUT2D eigenvalue weighted by Crippen LogP contribution is 2.26. The molecular formula is C10H8N4S. The van der Waals surface area contributed by atoms with Crippen molar-refractivity contribution in [1.29, 1.82) is 5.26 Å². The number of nitrogen functional groups attached to an aromatic ring is 1. The molecule has 0 fully saturated rings. The highest BCUT2D eigenvalue weighted by molar-refractivity contribution is 7.13. The molecule has 0 atom stereocenters. The summed E-state index contributed by atoms with van der Waals surface area (Å²) < 4.78 is 0. The molecule has 0 aliphatic carbocycles. The van der Waals surface area contributed by atoms with Gasteiger partial charge in [0.2, 0.25) is 0 Å². The Bertz CT molecular complexity index is 539. The molecule has 0 aliphatic rings. The molecule has 0 aliphatic heterocycles. The smallest absolute Gasteiger partial charge is 0.173 e. The molecule has 4 nitrogen and oxygen atoms in total. The predicted octanol–water partition coefficient (Wildman–Crippen LogP) is 1.97. The van der Waals surface area contributed by atoms with E-state index in [1.54, 1.807) is 11.3 Å². The van der Waals surface area contributed by atoms with Crippen LogP contribution in [0.5, 0.6) is 0 Å². The molecule has 2 aromatic rings. The fraction of sp³-hybridized carbons (Fsp3) is 0.100. The van der Waals surface area contributed by atoms with E-state index in [0.29, 0.717) is 17.3 Å². The lowest BCUT2D eigenvalue weighted by Crippen LogP contribution is -1.97. The number of nitriles is 1. The second-order valence-electron chi connectivity index (χ2n) is 3.05. The van der Waals surface area contributed by atoms with E-state index in [-0.39, 0.29) is 0 Å². The first-order valence-corrected chi connectivity index (χ1v) is 5.18. The number of thiophene rings is 1. The van der Waals surface area contributed by atoms with Crippen LogP contribution < -0.4 is 5.73 Å². The quantitative estimate of drug-likeness (QED) is 0.790. The van der Waals surface area contributed by atoms with Gasteiger partial charge in [0.1, 0.15) is 17.6 Å². The fourth-order valence-corrected chi connectivity index (χ4v) is 2.09. The molecule has 74 valence electrons. The highest BCUT2D eigenvalue weighted by atomic mass is 32.1. The molecule has 2 rings (SSSR count). The van der Waals surface area contributed by atoms with Crippen molar-refractivity contribution in [3.8, 4) is 16.8 Å². The summed E-state index contributed by atoms with van der Waals surface area (Å²) in [4.78, 5) is 9.18. The molecular weight excluding hydrogens is 208 g/mol. The van der Waals surface area contributed by atoms with E-state index >= 15 is 0 Å². The van der Waals surface area contributed by atoms with Crippen molar-refractivity contribution in [3.05, 3.63) is 28.8 Å². The molecule has 0 spiro atoms. The summed E-state index contributed by atoms with van der Waals surface area (Å²) in [5.41, 5.74) is 6.98. The number of rotatable bonds is 1. The second-order valence-corrected chi connectivity index (χ2v) is 3.96. The van der Waals surface area contributed by atoms with Gasteiger partial charge in [-0.15, -0.1) is 11.3 Å². The molecule has 0 bridgehead atoms. The Morgan fingerprint density at radius 2 is 2.27 bits per heavy atom. The molecule has 0 amide bonds. The average Bonchev–Trinajstić information content (AvgIpc) is 2.63. The number of anilines is 1. The van der Waals surface area contributed by atoms with Gasteiger partial charge in [-0.25, -0.2) is 9.97 Å². The van der Waals surface area contributed by atoms with E-state index in [0.717, 1.165) is 10.4 Å². The summed E-state index contributed by atoms with van der Waals surface area (Å²) in [6, 6.07) is 5.41. The number of nitrogens with two attached hydrogens (primary N) is 1. The van der Waals surface area contributed by atoms with Crippen LogP contribution in [0.15, 0.2) is 17.5 Å². The maximum Gasteiger partial charge on any atom is 0.173 e. The van der Waals surface area contributed by atoms with Crippen molar-refractivity contribution < 1.29 is 0 Å².